The van der Waals surface area contributed by atoms with Crippen LogP contribution in [0.15, 0.2) is 35.8 Å². The number of thiazole rings is 1. The summed E-state index contributed by atoms with van der Waals surface area (Å²) in [5.74, 6) is 0.943. The molecule has 5 rings (SSSR count). The van der Waals surface area contributed by atoms with E-state index < -0.39 is 0 Å². The Morgan fingerprint density at radius 2 is 2.03 bits per heavy atom. The van der Waals surface area contributed by atoms with Gasteiger partial charge in [0, 0.05) is 42.9 Å². The summed E-state index contributed by atoms with van der Waals surface area (Å²) in [6.07, 6.45) is 7.27. The third kappa shape index (κ3) is 5.18. The van der Waals surface area contributed by atoms with Crippen LogP contribution < -0.4 is 14.5 Å². The Kier molecular flexibility index (Phi) is 6.85. The van der Waals surface area contributed by atoms with Gasteiger partial charge in [0.25, 0.3) is 5.91 Å². The van der Waals surface area contributed by atoms with Gasteiger partial charge in [-0.1, -0.05) is 0 Å². The number of likely N-dealkylation sites (tertiary alicyclic amines) is 1. The molecule has 1 aromatic heterocycles. The van der Waals surface area contributed by atoms with E-state index in [0.717, 1.165) is 62.4 Å². The van der Waals surface area contributed by atoms with Crippen molar-refractivity contribution in [1.82, 2.24) is 9.88 Å². The Balaban J connectivity index is 1.09. The molecule has 178 valence electrons. The van der Waals surface area contributed by atoms with Crippen LogP contribution >= 0.6 is 11.3 Å². The second-order valence-corrected chi connectivity index (χ2v) is 10.3. The minimum Gasteiger partial charge on any atom is -0.494 e. The first-order valence-electron chi connectivity index (χ1n) is 12.2. The topological polar surface area (TPSA) is 58.1 Å². The van der Waals surface area contributed by atoms with Gasteiger partial charge in [0.05, 0.1) is 18.8 Å². The summed E-state index contributed by atoms with van der Waals surface area (Å²) in [6, 6.07) is 9.20. The van der Waals surface area contributed by atoms with Crippen molar-refractivity contribution in [1.29, 1.82) is 0 Å². The lowest BCUT2D eigenvalue weighted by molar-refractivity contribution is -0.141. The fourth-order valence-corrected chi connectivity index (χ4v) is 5.91. The molecule has 0 aliphatic carbocycles. The molecule has 3 saturated heterocycles. The molecular formula is C25H34N4O3S. The molecule has 7 nitrogen and oxygen atoms in total. The molecule has 1 amide bonds. The molecule has 8 heteroatoms. The van der Waals surface area contributed by atoms with Gasteiger partial charge in [-0.25, -0.2) is 4.98 Å². The number of carbonyl (C=O) groups is 1. The second kappa shape index (κ2) is 9.99. The van der Waals surface area contributed by atoms with Crippen LogP contribution in [-0.4, -0.2) is 73.4 Å². The lowest BCUT2D eigenvalue weighted by atomic mass is 9.89. The van der Waals surface area contributed by atoms with Gasteiger partial charge in [-0.15, -0.1) is 11.3 Å². The summed E-state index contributed by atoms with van der Waals surface area (Å²) >= 11 is 1.51. The molecule has 3 aliphatic rings. The maximum atomic E-state index is 12.4. The number of hydrogen-bond acceptors (Lipinski definition) is 7. The van der Waals surface area contributed by atoms with Crippen LogP contribution in [0.3, 0.4) is 0 Å². The molecule has 1 atom stereocenters. The van der Waals surface area contributed by atoms with Gasteiger partial charge in [0.1, 0.15) is 12.4 Å². The smallest absolute Gasteiger partial charge is 0.254 e. The third-order valence-corrected chi connectivity index (χ3v) is 8.12. The highest BCUT2D eigenvalue weighted by Crippen LogP contribution is 2.35. The van der Waals surface area contributed by atoms with Gasteiger partial charge < -0.3 is 19.3 Å². The zero-order valence-electron chi connectivity index (χ0n) is 19.4. The molecular weight excluding hydrogens is 436 g/mol. The number of benzene rings is 1. The zero-order valence-corrected chi connectivity index (χ0v) is 20.3. The summed E-state index contributed by atoms with van der Waals surface area (Å²) in [5, 5.41) is 2.69. The summed E-state index contributed by atoms with van der Waals surface area (Å²) in [7, 11) is 0. The van der Waals surface area contributed by atoms with Crippen LogP contribution in [-0.2, 0) is 9.53 Å². The number of piperidine rings is 1. The molecule has 0 saturated carbocycles. The molecule has 3 fully saturated rings. The van der Waals surface area contributed by atoms with E-state index in [0.29, 0.717) is 6.54 Å². The van der Waals surface area contributed by atoms with Crippen LogP contribution in [0.2, 0.25) is 0 Å². The number of aromatic nitrogens is 1. The summed E-state index contributed by atoms with van der Waals surface area (Å²) in [4.78, 5) is 23.5. The summed E-state index contributed by atoms with van der Waals surface area (Å²) < 4.78 is 12.1. The maximum absolute atomic E-state index is 12.4. The molecule has 0 bridgehead atoms. The SMILES string of the molecule is C[C@@H]1CCCN1CCCOc1ccc(N2CCC3(CC2)CN(c2nccs2)C(=O)CO3)cc1. The van der Waals surface area contributed by atoms with E-state index in [1.54, 1.807) is 11.1 Å². The van der Waals surface area contributed by atoms with Gasteiger partial charge >= 0.3 is 0 Å². The Morgan fingerprint density at radius 3 is 2.73 bits per heavy atom. The minimum atomic E-state index is -0.272. The van der Waals surface area contributed by atoms with Crippen LogP contribution in [0.25, 0.3) is 0 Å². The van der Waals surface area contributed by atoms with Crippen LogP contribution in [0, 0.1) is 0 Å². The van der Waals surface area contributed by atoms with E-state index in [2.05, 4.69) is 46.0 Å². The van der Waals surface area contributed by atoms with Crippen molar-refractivity contribution < 1.29 is 14.3 Å². The minimum absolute atomic E-state index is 0.00327. The first-order chi connectivity index (χ1) is 16.1. The van der Waals surface area contributed by atoms with Crippen molar-refractivity contribution in [2.45, 2.75) is 50.7 Å². The standard InChI is InChI=1S/C25H34N4O3S/c1-20-4-2-12-27(20)13-3-16-31-22-7-5-21(6-8-22)28-14-9-25(10-15-28)19-29(23(30)18-32-25)24-26-11-17-33-24/h5-8,11,17,20H,2-4,9-10,12-16,18-19H2,1H3/t20-/m1/s1. The maximum Gasteiger partial charge on any atom is 0.254 e. The fourth-order valence-electron chi connectivity index (χ4n) is 5.25. The highest BCUT2D eigenvalue weighted by atomic mass is 32.1. The summed E-state index contributed by atoms with van der Waals surface area (Å²) in [5.41, 5.74) is 0.943. The van der Waals surface area contributed by atoms with E-state index in [4.69, 9.17) is 9.47 Å². The molecule has 1 aromatic carbocycles. The highest BCUT2D eigenvalue weighted by Gasteiger charge is 2.43. The Hall–Kier alpha value is -2.16. The lowest BCUT2D eigenvalue weighted by Crippen LogP contribution is -2.59. The number of amides is 1. The van der Waals surface area contributed by atoms with Gasteiger partial charge in [-0.3, -0.25) is 9.69 Å². The van der Waals surface area contributed by atoms with Crippen molar-refractivity contribution in [3.63, 3.8) is 0 Å². The number of ether oxygens (including phenoxy) is 2. The number of nitrogens with zero attached hydrogens (tertiary/aromatic N) is 4. The Bertz CT molecular complexity index is 912. The largest absolute Gasteiger partial charge is 0.494 e. The van der Waals surface area contributed by atoms with Crippen LogP contribution in [0.5, 0.6) is 5.75 Å². The van der Waals surface area contributed by atoms with Gasteiger partial charge in [0.15, 0.2) is 5.13 Å². The van der Waals surface area contributed by atoms with Gasteiger partial charge in [-0.2, -0.15) is 0 Å². The van der Waals surface area contributed by atoms with Crippen molar-refractivity contribution in [2.24, 2.45) is 0 Å². The molecule has 0 unspecified atom stereocenters. The van der Waals surface area contributed by atoms with Crippen LogP contribution in [0.1, 0.15) is 39.0 Å². The first-order valence-corrected chi connectivity index (χ1v) is 13.1. The van der Waals surface area contributed by atoms with Gasteiger partial charge in [0.2, 0.25) is 0 Å². The summed E-state index contributed by atoms with van der Waals surface area (Å²) in [6.45, 7) is 8.01. The number of carbonyl (C=O) groups excluding carboxylic acids is 1. The average Bonchev–Trinajstić information content (AvgIpc) is 3.52. The van der Waals surface area contributed by atoms with Crippen molar-refractivity contribution in [2.75, 3.05) is 55.7 Å². The molecule has 4 heterocycles. The third-order valence-electron chi connectivity index (χ3n) is 7.32. The Morgan fingerprint density at radius 1 is 1.21 bits per heavy atom. The van der Waals surface area contributed by atoms with E-state index in [9.17, 15) is 4.79 Å². The monoisotopic (exact) mass is 470 g/mol. The molecule has 0 radical (unpaired) electrons. The molecule has 1 spiro atoms. The van der Waals surface area contributed by atoms with Crippen LogP contribution in [0.4, 0.5) is 10.8 Å². The van der Waals surface area contributed by atoms with Crippen molar-refractivity contribution in [3.8, 4) is 5.75 Å². The van der Waals surface area contributed by atoms with E-state index in [-0.39, 0.29) is 18.1 Å². The predicted molar refractivity (Wildman–Crippen MR) is 131 cm³/mol. The van der Waals surface area contributed by atoms with E-state index >= 15 is 0 Å². The van der Waals surface area contributed by atoms with E-state index in [1.807, 2.05) is 5.38 Å². The number of hydrogen-bond donors (Lipinski definition) is 0. The predicted octanol–water partition coefficient (Wildman–Crippen LogP) is 3.80. The quantitative estimate of drug-likeness (QED) is 0.574. The molecule has 3 aliphatic heterocycles. The zero-order chi connectivity index (χ0) is 22.7. The average molecular weight is 471 g/mol. The normalized spacial score (nSPS) is 23.4. The fraction of sp³-hybridized carbons (Fsp3) is 0.600. The molecule has 0 N–H and O–H groups in total. The highest BCUT2D eigenvalue weighted by molar-refractivity contribution is 7.13. The molecule has 2 aromatic rings. The first kappa shape index (κ1) is 22.6. The second-order valence-electron chi connectivity index (χ2n) is 9.48. The number of anilines is 2. The Labute approximate surface area is 200 Å². The van der Waals surface area contributed by atoms with Gasteiger partial charge in [-0.05, 0) is 69.8 Å². The van der Waals surface area contributed by atoms with E-state index in [1.165, 1.54) is 36.4 Å². The van der Waals surface area contributed by atoms with Crippen molar-refractivity contribution in [3.05, 3.63) is 35.8 Å². The molecule has 33 heavy (non-hydrogen) atoms. The number of rotatable bonds is 7. The number of morpholine rings is 1. The lowest BCUT2D eigenvalue weighted by Gasteiger charge is -2.46. The van der Waals surface area contributed by atoms with Crippen molar-refractivity contribution >= 4 is 28.1 Å².